The Hall–Kier alpha value is -1.40. The number of hydrogen-bond donors (Lipinski definition) is 2. The highest BCUT2D eigenvalue weighted by Gasteiger charge is 2.27. The van der Waals surface area contributed by atoms with E-state index in [4.69, 9.17) is 0 Å². The van der Waals surface area contributed by atoms with Crippen LogP contribution in [-0.4, -0.2) is 34.7 Å². The van der Waals surface area contributed by atoms with Crippen LogP contribution in [0.15, 0.2) is 6.07 Å². The van der Waals surface area contributed by atoms with Crippen LogP contribution >= 0.6 is 11.3 Å². The molecule has 0 aromatic carbocycles. The Morgan fingerprint density at radius 3 is 2.36 bits per heavy atom. The number of amides is 1. The van der Waals surface area contributed by atoms with Gasteiger partial charge in [-0.2, -0.15) is 0 Å². The maximum Gasteiger partial charge on any atom is 0.348 e. The summed E-state index contributed by atoms with van der Waals surface area (Å²) in [7, 11) is 0. The van der Waals surface area contributed by atoms with E-state index in [0.717, 1.165) is 17.7 Å². The topological polar surface area (TPSA) is 77.8 Å². The molecule has 0 bridgehead atoms. The summed E-state index contributed by atoms with van der Waals surface area (Å²) < 4.78 is 0. The van der Waals surface area contributed by atoms with Crippen molar-refractivity contribution in [2.45, 2.75) is 90.6 Å². The van der Waals surface area contributed by atoms with E-state index in [2.05, 4.69) is 0 Å². The Balaban J connectivity index is 2.32. The summed E-state index contributed by atoms with van der Waals surface area (Å²) in [6.07, 6.45) is 8.27. The summed E-state index contributed by atoms with van der Waals surface area (Å²) >= 11 is 1.34. The minimum absolute atomic E-state index is 0.0340. The Morgan fingerprint density at radius 2 is 1.82 bits per heavy atom. The third-order valence-corrected chi connectivity index (χ3v) is 6.64. The molecule has 1 aliphatic rings. The van der Waals surface area contributed by atoms with Crippen LogP contribution in [0.1, 0.15) is 99.0 Å². The first-order valence-corrected chi connectivity index (χ1v) is 11.5. The van der Waals surface area contributed by atoms with Crippen molar-refractivity contribution in [2.24, 2.45) is 5.92 Å². The molecule has 1 atom stereocenters. The van der Waals surface area contributed by atoms with Gasteiger partial charge in [0, 0.05) is 17.8 Å². The second kappa shape index (κ2) is 11.0. The summed E-state index contributed by atoms with van der Waals surface area (Å²) in [5.41, 5.74) is 0.549. The third-order valence-electron chi connectivity index (χ3n) is 5.36. The van der Waals surface area contributed by atoms with Gasteiger partial charge in [-0.15, -0.1) is 11.3 Å². The van der Waals surface area contributed by atoms with Crippen molar-refractivity contribution >= 4 is 28.9 Å². The molecule has 0 spiro atoms. The van der Waals surface area contributed by atoms with E-state index in [0.29, 0.717) is 37.4 Å². The molecule has 158 valence electrons. The quantitative estimate of drug-likeness (QED) is 0.534. The number of carbonyl (C=O) groups is 2. The van der Waals surface area contributed by atoms with E-state index in [1.54, 1.807) is 11.8 Å². The maximum atomic E-state index is 12.9. The Morgan fingerprint density at radius 1 is 1.18 bits per heavy atom. The molecule has 1 aromatic heterocycles. The highest BCUT2D eigenvalue weighted by atomic mass is 32.1. The van der Waals surface area contributed by atoms with Crippen LogP contribution in [0.3, 0.4) is 0 Å². The number of aliphatic hydroxyl groups excluding tert-OH is 1. The molecule has 5 nitrogen and oxygen atoms in total. The fourth-order valence-electron chi connectivity index (χ4n) is 3.90. The SMILES string of the molecule is CC(C)CC(=O)N(CCCC(C)O)c1cc(C2CCCCCC2)sc1C(=O)O. The van der Waals surface area contributed by atoms with Crippen LogP contribution < -0.4 is 4.90 Å². The van der Waals surface area contributed by atoms with Gasteiger partial charge in [-0.1, -0.05) is 39.5 Å². The van der Waals surface area contributed by atoms with Gasteiger partial charge in [-0.3, -0.25) is 4.79 Å². The number of nitrogens with zero attached hydrogens (tertiary/aromatic N) is 1. The second-order valence-corrected chi connectivity index (χ2v) is 9.58. The molecule has 0 saturated heterocycles. The zero-order valence-corrected chi connectivity index (χ0v) is 18.3. The number of hydrogen-bond acceptors (Lipinski definition) is 4. The highest BCUT2D eigenvalue weighted by Crippen LogP contribution is 2.40. The monoisotopic (exact) mass is 409 g/mol. The normalized spacial score (nSPS) is 16.8. The minimum Gasteiger partial charge on any atom is -0.477 e. The molecular formula is C22H35NO4S. The average Bonchev–Trinajstić information content (AvgIpc) is 2.85. The standard InChI is InChI=1S/C22H35NO4S/c1-15(2)13-20(25)23(12-8-9-16(3)24)18-14-19(28-21(18)22(26)27)17-10-6-4-5-7-11-17/h14-17,24H,4-13H2,1-3H3,(H,26,27). The van der Waals surface area contributed by atoms with Crippen molar-refractivity contribution in [3.63, 3.8) is 0 Å². The van der Waals surface area contributed by atoms with Crippen molar-refractivity contribution in [1.82, 2.24) is 0 Å². The summed E-state index contributed by atoms with van der Waals surface area (Å²) in [5.74, 6) is -0.384. The van der Waals surface area contributed by atoms with Gasteiger partial charge in [0.05, 0.1) is 11.8 Å². The lowest BCUT2D eigenvalue weighted by Gasteiger charge is -2.24. The predicted molar refractivity (Wildman–Crippen MR) is 114 cm³/mol. The van der Waals surface area contributed by atoms with E-state index in [-0.39, 0.29) is 16.7 Å². The first-order chi connectivity index (χ1) is 13.3. The molecule has 1 unspecified atom stereocenters. The number of aromatic carboxylic acids is 1. The molecule has 0 radical (unpaired) electrons. The minimum atomic E-state index is -0.960. The second-order valence-electron chi connectivity index (χ2n) is 8.49. The number of anilines is 1. The number of aliphatic hydroxyl groups is 1. The lowest BCUT2D eigenvalue weighted by atomic mass is 9.98. The van der Waals surface area contributed by atoms with Crippen molar-refractivity contribution in [2.75, 3.05) is 11.4 Å². The molecule has 2 N–H and O–H groups in total. The zero-order chi connectivity index (χ0) is 20.7. The summed E-state index contributed by atoms with van der Waals surface area (Å²) in [4.78, 5) is 27.9. The zero-order valence-electron chi connectivity index (χ0n) is 17.4. The Labute approximate surface area is 172 Å². The largest absolute Gasteiger partial charge is 0.477 e. The molecule has 1 amide bonds. The van der Waals surface area contributed by atoms with Crippen LogP contribution in [0, 0.1) is 5.92 Å². The fraction of sp³-hybridized carbons (Fsp3) is 0.727. The summed E-state index contributed by atoms with van der Waals surface area (Å²) in [6, 6.07) is 1.96. The van der Waals surface area contributed by atoms with Crippen LogP contribution in [-0.2, 0) is 4.79 Å². The molecular weight excluding hydrogens is 374 g/mol. The highest BCUT2D eigenvalue weighted by molar-refractivity contribution is 7.14. The van der Waals surface area contributed by atoms with Crippen LogP contribution in [0.25, 0.3) is 0 Å². The molecule has 0 aliphatic heterocycles. The number of rotatable bonds is 9. The van der Waals surface area contributed by atoms with Crippen molar-refractivity contribution < 1.29 is 19.8 Å². The van der Waals surface area contributed by atoms with Gasteiger partial charge >= 0.3 is 5.97 Å². The van der Waals surface area contributed by atoms with Gasteiger partial charge in [0.15, 0.2) is 0 Å². The first kappa shape index (κ1) is 22.9. The van der Waals surface area contributed by atoms with Crippen molar-refractivity contribution in [3.8, 4) is 0 Å². The van der Waals surface area contributed by atoms with E-state index in [1.165, 1.54) is 37.0 Å². The van der Waals surface area contributed by atoms with Crippen molar-refractivity contribution in [1.29, 1.82) is 0 Å². The number of carbonyl (C=O) groups excluding carboxylic acids is 1. The lowest BCUT2D eigenvalue weighted by molar-refractivity contribution is -0.119. The van der Waals surface area contributed by atoms with Gasteiger partial charge in [0.2, 0.25) is 5.91 Å². The molecule has 1 fully saturated rings. The van der Waals surface area contributed by atoms with Gasteiger partial charge in [0.1, 0.15) is 4.88 Å². The van der Waals surface area contributed by atoms with Gasteiger partial charge in [0.25, 0.3) is 0 Å². The molecule has 1 aliphatic carbocycles. The van der Waals surface area contributed by atoms with Gasteiger partial charge in [-0.05, 0) is 50.5 Å². The molecule has 28 heavy (non-hydrogen) atoms. The number of carboxylic acid groups (broad SMARTS) is 1. The Bertz CT molecular complexity index is 645. The Kier molecular flexibility index (Phi) is 8.96. The smallest absolute Gasteiger partial charge is 0.348 e. The average molecular weight is 410 g/mol. The van der Waals surface area contributed by atoms with E-state index in [9.17, 15) is 19.8 Å². The maximum absolute atomic E-state index is 12.9. The van der Waals surface area contributed by atoms with Crippen LogP contribution in [0.2, 0.25) is 0 Å². The van der Waals surface area contributed by atoms with E-state index in [1.807, 2.05) is 19.9 Å². The van der Waals surface area contributed by atoms with Crippen LogP contribution in [0.5, 0.6) is 0 Å². The lowest BCUT2D eigenvalue weighted by Crippen LogP contribution is -2.33. The summed E-state index contributed by atoms with van der Waals surface area (Å²) in [5, 5.41) is 19.4. The number of carboxylic acids is 1. The molecule has 6 heteroatoms. The molecule has 1 saturated carbocycles. The van der Waals surface area contributed by atoms with Crippen molar-refractivity contribution in [3.05, 3.63) is 15.8 Å². The van der Waals surface area contributed by atoms with Crippen LogP contribution in [0.4, 0.5) is 5.69 Å². The fourth-order valence-corrected chi connectivity index (χ4v) is 5.07. The first-order valence-electron chi connectivity index (χ1n) is 10.6. The third kappa shape index (κ3) is 6.59. The molecule has 1 heterocycles. The van der Waals surface area contributed by atoms with Gasteiger partial charge < -0.3 is 15.1 Å². The number of thiophene rings is 1. The predicted octanol–water partition coefficient (Wildman–Crippen LogP) is 5.42. The van der Waals surface area contributed by atoms with Gasteiger partial charge in [-0.25, -0.2) is 4.79 Å². The summed E-state index contributed by atoms with van der Waals surface area (Å²) in [6.45, 7) is 6.17. The van der Waals surface area contributed by atoms with E-state index >= 15 is 0 Å². The molecule has 1 aromatic rings. The molecule has 2 rings (SSSR count). The van der Waals surface area contributed by atoms with E-state index < -0.39 is 12.1 Å².